The summed E-state index contributed by atoms with van der Waals surface area (Å²) in [6.07, 6.45) is 0. The van der Waals surface area contributed by atoms with E-state index in [-0.39, 0.29) is 27.7 Å². The standard InChI is InChI=1S/C11H7BrCl2N2O3S/c1-5-2-6(12)3-7(16(17)18)9(5)19-11-15-10(14)8(4-13)20-11/h2-3H,4H2,1H3. The number of nitrogens with zero attached hydrogens (tertiary/aromatic N) is 2. The molecule has 1 aromatic carbocycles. The van der Waals surface area contributed by atoms with Gasteiger partial charge in [-0.25, -0.2) is 0 Å². The topological polar surface area (TPSA) is 65.3 Å². The zero-order chi connectivity index (χ0) is 14.9. The molecule has 0 radical (unpaired) electrons. The van der Waals surface area contributed by atoms with Gasteiger partial charge in [-0.2, -0.15) is 4.98 Å². The molecule has 9 heteroatoms. The molecule has 2 rings (SSSR count). The Morgan fingerprint density at radius 1 is 1.55 bits per heavy atom. The van der Waals surface area contributed by atoms with E-state index >= 15 is 0 Å². The van der Waals surface area contributed by atoms with Gasteiger partial charge in [0.2, 0.25) is 5.75 Å². The first-order chi connectivity index (χ1) is 9.42. The second-order valence-electron chi connectivity index (χ2n) is 3.76. The molecule has 0 aliphatic rings. The lowest BCUT2D eigenvalue weighted by Crippen LogP contribution is -1.96. The Morgan fingerprint density at radius 2 is 2.25 bits per heavy atom. The molecular weight excluding hydrogens is 391 g/mol. The van der Waals surface area contributed by atoms with Crippen molar-refractivity contribution in [3.63, 3.8) is 0 Å². The summed E-state index contributed by atoms with van der Waals surface area (Å²) in [5.74, 6) is 0.353. The summed E-state index contributed by atoms with van der Waals surface area (Å²) in [6.45, 7) is 1.71. The summed E-state index contributed by atoms with van der Waals surface area (Å²) in [5.41, 5.74) is 0.473. The smallest absolute Gasteiger partial charge is 0.313 e. The maximum absolute atomic E-state index is 11.1. The molecule has 0 fully saturated rings. The number of benzene rings is 1. The van der Waals surface area contributed by atoms with E-state index in [4.69, 9.17) is 27.9 Å². The van der Waals surface area contributed by atoms with Crippen LogP contribution in [0.15, 0.2) is 16.6 Å². The molecule has 0 amide bonds. The van der Waals surface area contributed by atoms with Crippen LogP contribution in [0.4, 0.5) is 5.69 Å². The number of hydrogen-bond donors (Lipinski definition) is 0. The Bertz CT molecular complexity index is 678. The monoisotopic (exact) mass is 396 g/mol. The van der Waals surface area contributed by atoms with Gasteiger partial charge in [0.1, 0.15) is 5.15 Å². The maximum Gasteiger partial charge on any atom is 0.313 e. The Morgan fingerprint density at radius 3 is 2.80 bits per heavy atom. The minimum absolute atomic E-state index is 0.143. The number of halogens is 3. The molecule has 0 bridgehead atoms. The highest BCUT2D eigenvalue weighted by molar-refractivity contribution is 9.10. The average Bonchev–Trinajstić information content (AvgIpc) is 2.72. The highest BCUT2D eigenvalue weighted by atomic mass is 79.9. The second-order valence-corrected chi connectivity index (χ2v) is 6.34. The fourth-order valence-corrected chi connectivity index (χ4v) is 3.39. The van der Waals surface area contributed by atoms with Crippen LogP contribution < -0.4 is 4.74 Å². The molecule has 2 aromatic rings. The third-order valence-electron chi connectivity index (χ3n) is 2.36. The van der Waals surface area contributed by atoms with Crippen LogP contribution in [-0.2, 0) is 5.88 Å². The number of nitro groups is 1. The van der Waals surface area contributed by atoms with Crippen LogP contribution >= 0.6 is 50.5 Å². The van der Waals surface area contributed by atoms with Crippen molar-refractivity contribution in [1.29, 1.82) is 0 Å². The number of hydrogen-bond acceptors (Lipinski definition) is 5. The molecule has 5 nitrogen and oxygen atoms in total. The zero-order valence-corrected chi connectivity index (χ0v) is 13.9. The van der Waals surface area contributed by atoms with Crippen LogP contribution in [0.5, 0.6) is 10.9 Å². The Labute approximate surface area is 136 Å². The van der Waals surface area contributed by atoms with Crippen molar-refractivity contribution in [2.75, 3.05) is 0 Å². The first-order valence-electron chi connectivity index (χ1n) is 5.26. The number of ether oxygens (including phenoxy) is 1. The normalized spacial score (nSPS) is 10.6. The van der Waals surface area contributed by atoms with Crippen LogP contribution in [0.3, 0.4) is 0 Å². The summed E-state index contributed by atoms with van der Waals surface area (Å²) in [5, 5.41) is 11.6. The molecule has 1 aromatic heterocycles. The van der Waals surface area contributed by atoms with Crippen molar-refractivity contribution >= 4 is 56.2 Å². The van der Waals surface area contributed by atoms with Crippen LogP contribution in [0.2, 0.25) is 5.15 Å². The van der Waals surface area contributed by atoms with E-state index in [1.807, 2.05) is 0 Å². The number of aromatic nitrogens is 1. The molecule has 0 N–H and O–H groups in total. The second kappa shape index (κ2) is 6.26. The van der Waals surface area contributed by atoms with Crippen LogP contribution in [-0.4, -0.2) is 9.91 Å². The van der Waals surface area contributed by atoms with Gasteiger partial charge in [0, 0.05) is 16.1 Å². The molecule has 0 saturated carbocycles. The van der Waals surface area contributed by atoms with E-state index in [0.29, 0.717) is 14.9 Å². The number of aryl methyl sites for hydroxylation is 1. The maximum atomic E-state index is 11.1. The Balaban J connectivity index is 2.44. The summed E-state index contributed by atoms with van der Waals surface area (Å²) in [7, 11) is 0. The quantitative estimate of drug-likeness (QED) is 0.398. The SMILES string of the molecule is Cc1cc(Br)cc([N+](=O)[O-])c1Oc1nc(Cl)c(CCl)s1. The van der Waals surface area contributed by atoms with Crippen LogP contribution in [0.25, 0.3) is 0 Å². The fraction of sp³-hybridized carbons (Fsp3) is 0.182. The number of alkyl halides is 1. The lowest BCUT2D eigenvalue weighted by Gasteiger charge is -2.07. The predicted octanol–water partition coefficient (Wildman–Crippen LogP) is 5.31. The molecule has 0 saturated heterocycles. The van der Waals surface area contributed by atoms with Gasteiger partial charge in [-0.1, -0.05) is 38.9 Å². The van der Waals surface area contributed by atoms with Gasteiger partial charge < -0.3 is 4.74 Å². The van der Waals surface area contributed by atoms with Crippen LogP contribution in [0, 0.1) is 17.0 Å². The highest BCUT2D eigenvalue weighted by Crippen LogP contribution is 2.39. The molecule has 0 unspecified atom stereocenters. The first kappa shape index (κ1) is 15.5. The van der Waals surface area contributed by atoms with Gasteiger partial charge in [0.25, 0.3) is 5.19 Å². The predicted molar refractivity (Wildman–Crippen MR) is 82.3 cm³/mol. The molecular formula is C11H7BrCl2N2O3S. The molecule has 0 spiro atoms. The third kappa shape index (κ3) is 3.22. The minimum Gasteiger partial charge on any atom is -0.423 e. The molecule has 0 aliphatic heterocycles. The van der Waals surface area contributed by atoms with Gasteiger partial charge in [-0.3, -0.25) is 10.1 Å². The summed E-state index contributed by atoms with van der Waals surface area (Å²) in [6, 6.07) is 3.10. The van der Waals surface area contributed by atoms with Crippen molar-refractivity contribution in [3.8, 4) is 10.9 Å². The molecule has 20 heavy (non-hydrogen) atoms. The average molecular weight is 398 g/mol. The van der Waals surface area contributed by atoms with Gasteiger partial charge in [0.05, 0.1) is 15.7 Å². The van der Waals surface area contributed by atoms with E-state index in [1.54, 1.807) is 13.0 Å². The van der Waals surface area contributed by atoms with Crippen molar-refractivity contribution in [1.82, 2.24) is 4.98 Å². The summed E-state index contributed by atoms with van der Waals surface area (Å²) >= 11 is 15.9. The number of nitro benzene ring substituents is 1. The lowest BCUT2D eigenvalue weighted by molar-refractivity contribution is -0.385. The Hall–Kier alpha value is -0.890. The van der Waals surface area contributed by atoms with E-state index in [1.165, 1.54) is 6.07 Å². The molecule has 106 valence electrons. The van der Waals surface area contributed by atoms with Gasteiger partial charge in [-0.05, 0) is 13.0 Å². The van der Waals surface area contributed by atoms with E-state index < -0.39 is 4.92 Å². The van der Waals surface area contributed by atoms with Crippen molar-refractivity contribution in [2.45, 2.75) is 12.8 Å². The first-order valence-corrected chi connectivity index (χ1v) is 7.78. The van der Waals surface area contributed by atoms with Crippen LogP contribution in [0.1, 0.15) is 10.4 Å². The van der Waals surface area contributed by atoms with E-state index in [2.05, 4.69) is 20.9 Å². The van der Waals surface area contributed by atoms with Gasteiger partial charge in [0.15, 0.2) is 0 Å². The zero-order valence-electron chi connectivity index (χ0n) is 10.0. The highest BCUT2D eigenvalue weighted by Gasteiger charge is 2.21. The third-order valence-corrected chi connectivity index (χ3v) is 4.60. The van der Waals surface area contributed by atoms with Crippen molar-refractivity contribution in [2.24, 2.45) is 0 Å². The minimum atomic E-state index is -0.509. The fourth-order valence-electron chi connectivity index (χ4n) is 1.51. The van der Waals surface area contributed by atoms with E-state index in [0.717, 1.165) is 11.3 Å². The molecule has 1 heterocycles. The van der Waals surface area contributed by atoms with E-state index in [9.17, 15) is 10.1 Å². The summed E-state index contributed by atoms with van der Waals surface area (Å²) < 4.78 is 6.13. The lowest BCUT2D eigenvalue weighted by atomic mass is 10.2. The molecule has 0 atom stereocenters. The van der Waals surface area contributed by atoms with Gasteiger partial charge >= 0.3 is 5.69 Å². The van der Waals surface area contributed by atoms with Crippen molar-refractivity contribution in [3.05, 3.63) is 42.3 Å². The number of thiazole rings is 1. The summed E-state index contributed by atoms with van der Waals surface area (Å²) in [4.78, 5) is 15.2. The number of rotatable bonds is 4. The Kier molecular flexibility index (Phi) is 4.85. The molecule has 0 aliphatic carbocycles. The largest absolute Gasteiger partial charge is 0.423 e. The van der Waals surface area contributed by atoms with Crippen molar-refractivity contribution < 1.29 is 9.66 Å². The van der Waals surface area contributed by atoms with Gasteiger partial charge in [-0.15, -0.1) is 11.6 Å².